The Morgan fingerprint density at radius 2 is 1.85 bits per heavy atom. The lowest BCUT2D eigenvalue weighted by Crippen LogP contribution is -2.17. The summed E-state index contributed by atoms with van der Waals surface area (Å²) < 4.78 is 0. The molecule has 3 heteroatoms. The molecule has 0 aliphatic heterocycles. The average Bonchev–Trinajstić information content (AvgIpc) is 2.02. The zero-order chi connectivity index (χ0) is 10.1. The fraction of sp³-hybridized carbons (Fsp3) is 0.400. The summed E-state index contributed by atoms with van der Waals surface area (Å²) in [6, 6.07) is 5.84. The van der Waals surface area contributed by atoms with E-state index in [0.29, 0.717) is 0 Å². The Morgan fingerprint density at radius 3 is 2.31 bits per heavy atom. The molecule has 13 heavy (non-hydrogen) atoms. The average molecular weight is 179 g/mol. The van der Waals surface area contributed by atoms with Crippen molar-refractivity contribution in [1.82, 2.24) is 0 Å². The first kappa shape index (κ1) is 9.86. The van der Waals surface area contributed by atoms with E-state index in [0.717, 1.165) is 16.9 Å². The number of nitrogen functional groups attached to an aromatic ring is 2. The first-order valence-electron chi connectivity index (χ1n) is 4.32. The molecule has 5 N–H and O–H groups in total. The summed E-state index contributed by atoms with van der Waals surface area (Å²) in [5.41, 5.74) is 11.2. The summed E-state index contributed by atoms with van der Waals surface area (Å²) in [7, 11) is 0. The van der Waals surface area contributed by atoms with Crippen LogP contribution in [0.4, 0.5) is 11.4 Å². The molecule has 0 unspecified atom stereocenters. The van der Waals surface area contributed by atoms with Gasteiger partial charge in [0.2, 0.25) is 0 Å². The number of hydrazine groups is 1. The summed E-state index contributed by atoms with van der Waals surface area (Å²) >= 11 is 0. The number of hydrogen-bond donors (Lipinski definition) is 3. The van der Waals surface area contributed by atoms with Crippen LogP contribution in [0.2, 0.25) is 0 Å². The second kappa shape index (κ2) is 3.26. The van der Waals surface area contributed by atoms with Crippen LogP contribution in [0.3, 0.4) is 0 Å². The van der Waals surface area contributed by atoms with E-state index in [1.165, 1.54) is 0 Å². The molecule has 0 saturated carbocycles. The zero-order valence-electron chi connectivity index (χ0n) is 8.39. The third kappa shape index (κ3) is 1.92. The molecule has 0 saturated heterocycles. The van der Waals surface area contributed by atoms with E-state index >= 15 is 0 Å². The van der Waals surface area contributed by atoms with E-state index in [1.54, 1.807) is 0 Å². The van der Waals surface area contributed by atoms with Gasteiger partial charge in [-0.3, -0.25) is 5.84 Å². The maximum Gasteiger partial charge on any atom is 0.0719 e. The Kier molecular flexibility index (Phi) is 2.48. The van der Waals surface area contributed by atoms with Gasteiger partial charge in [-0.1, -0.05) is 32.9 Å². The van der Waals surface area contributed by atoms with Crippen molar-refractivity contribution in [3.63, 3.8) is 0 Å². The predicted molar refractivity (Wildman–Crippen MR) is 57.4 cm³/mol. The minimum Gasteiger partial charge on any atom is -0.397 e. The molecule has 0 aliphatic carbocycles. The SMILES string of the molecule is CC(C)(C)c1cccc(NN)c1N. The minimum absolute atomic E-state index is 0.0525. The van der Waals surface area contributed by atoms with Gasteiger partial charge < -0.3 is 11.2 Å². The number of anilines is 2. The van der Waals surface area contributed by atoms with Crippen molar-refractivity contribution in [2.45, 2.75) is 26.2 Å². The number of nitrogens with one attached hydrogen (secondary N) is 1. The Morgan fingerprint density at radius 1 is 1.23 bits per heavy atom. The van der Waals surface area contributed by atoms with Crippen LogP contribution in [0.15, 0.2) is 18.2 Å². The van der Waals surface area contributed by atoms with Gasteiger partial charge in [-0.25, -0.2) is 0 Å². The van der Waals surface area contributed by atoms with Crippen molar-refractivity contribution < 1.29 is 0 Å². The van der Waals surface area contributed by atoms with E-state index in [1.807, 2.05) is 18.2 Å². The topological polar surface area (TPSA) is 64.1 Å². The van der Waals surface area contributed by atoms with Crippen LogP contribution in [-0.4, -0.2) is 0 Å². The van der Waals surface area contributed by atoms with Crippen molar-refractivity contribution in [1.29, 1.82) is 0 Å². The molecular weight excluding hydrogens is 162 g/mol. The molecular formula is C10H17N3. The van der Waals surface area contributed by atoms with Crippen molar-refractivity contribution in [3.8, 4) is 0 Å². The molecule has 0 bridgehead atoms. The molecule has 0 aliphatic rings. The smallest absolute Gasteiger partial charge is 0.0719 e. The van der Waals surface area contributed by atoms with E-state index in [9.17, 15) is 0 Å². The van der Waals surface area contributed by atoms with Gasteiger partial charge in [-0.15, -0.1) is 0 Å². The van der Waals surface area contributed by atoms with Gasteiger partial charge in [0, 0.05) is 0 Å². The van der Waals surface area contributed by atoms with Crippen molar-refractivity contribution >= 4 is 11.4 Å². The number of benzene rings is 1. The molecule has 3 nitrogen and oxygen atoms in total. The van der Waals surface area contributed by atoms with E-state index in [2.05, 4.69) is 26.2 Å². The lowest BCUT2D eigenvalue weighted by atomic mass is 9.85. The Hall–Kier alpha value is -1.22. The lowest BCUT2D eigenvalue weighted by molar-refractivity contribution is 0.593. The second-order valence-electron chi connectivity index (χ2n) is 4.16. The van der Waals surface area contributed by atoms with Crippen LogP contribution < -0.4 is 17.0 Å². The summed E-state index contributed by atoms with van der Waals surface area (Å²) in [6.45, 7) is 6.37. The van der Waals surface area contributed by atoms with Gasteiger partial charge in [0.05, 0.1) is 11.4 Å². The Bertz CT molecular complexity index is 300. The summed E-state index contributed by atoms with van der Waals surface area (Å²) in [6.07, 6.45) is 0. The first-order chi connectivity index (χ1) is 5.96. The minimum atomic E-state index is 0.0525. The maximum absolute atomic E-state index is 5.94. The number of rotatable bonds is 1. The van der Waals surface area contributed by atoms with Crippen molar-refractivity contribution in [2.75, 3.05) is 11.2 Å². The lowest BCUT2D eigenvalue weighted by Gasteiger charge is -2.22. The standard InChI is InChI=1S/C10H17N3/c1-10(2,3)7-5-4-6-8(13-12)9(7)11/h4-6,13H,11-12H2,1-3H3. The molecule has 72 valence electrons. The second-order valence-corrected chi connectivity index (χ2v) is 4.16. The van der Waals surface area contributed by atoms with Gasteiger partial charge in [0.25, 0.3) is 0 Å². The van der Waals surface area contributed by atoms with E-state index in [-0.39, 0.29) is 5.41 Å². The van der Waals surface area contributed by atoms with Gasteiger partial charge in [-0.05, 0) is 17.0 Å². The van der Waals surface area contributed by atoms with Crippen LogP contribution in [0.5, 0.6) is 0 Å². The summed E-state index contributed by atoms with van der Waals surface area (Å²) in [5.74, 6) is 5.33. The van der Waals surface area contributed by atoms with Gasteiger partial charge >= 0.3 is 0 Å². The third-order valence-corrected chi connectivity index (χ3v) is 2.07. The van der Waals surface area contributed by atoms with Crippen LogP contribution in [0.25, 0.3) is 0 Å². The Balaban J connectivity index is 3.24. The molecule has 0 aromatic heterocycles. The highest BCUT2D eigenvalue weighted by Gasteiger charge is 2.17. The highest BCUT2D eigenvalue weighted by molar-refractivity contribution is 5.70. The molecule has 0 heterocycles. The summed E-state index contributed by atoms with van der Waals surface area (Å²) in [5, 5.41) is 0. The quantitative estimate of drug-likeness (QED) is 0.350. The highest BCUT2D eigenvalue weighted by Crippen LogP contribution is 2.31. The van der Waals surface area contributed by atoms with E-state index in [4.69, 9.17) is 11.6 Å². The van der Waals surface area contributed by atoms with Crippen LogP contribution in [0, 0.1) is 0 Å². The van der Waals surface area contributed by atoms with Crippen LogP contribution in [0.1, 0.15) is 26.3 Å². The maximum atomic E-state index is 5.94. The number of hydrogen-bond acceptors (Lipinski definition) is 3. The molecule has 0 atom stereocenters. The predicted octanol–water partition coefficient (Wildman–Crippen LogP) is 1.85. The van der Waals surface area contributed by atoms with E-state index < -0.39 is 0 Å². The third-order valence-electron chi connectivity index (χ3n) is 2.07. The molecule has 0 radical (unpaired) electrons. The van der Waals surface area contributed by atoms with Crippen molar-refractivity contribution in [2.24, 2.45) is 5.84 Å². The Labute approximate surface area is 79.1 Å². The van der Waals surface area contributed by atoms with Crippen LogP contribution in [-0.2, 0) is 5.41 Å². The monoisotopic (exact) mass is 179 g/mol. The molecule has 1 rings (SSSR count). The fourth-order valence-corrected chi connectivity index (χ4v) is 1.35. The largest absolute Gasteiger partial charge is 0.397 e. The fourth-order valence-electron chi connectivity index (χ4n) is 1.35. The van der Waals surface area contributed by atoms with Gasteiger partial charge in [0.15, 0.2) is 0 Å². The molecule has 0 amide bonds. The van der Waals surface area contributed by atoms with Gasteiger partial charge in [0.1, 0.15) is 0 Å². The van der Waals surface area contributed by atoms with Crippen molar-refractivity contribution in [3.05, 3.63) is 23.8 Å². The summed E-state index contributed by atoms with van der Waals surface area (Å²) in [4.78, 5) is 0. The number of nitrogens with two attached hydrogens (primary N) is 2. The highest BCUT2D eigenvalue weighted by atomic mass is 15.2. The van der Waals surface area contributed by atoms with Crippen LogP contribution >= 0.6 is 0 Å². The molecule has 1 aromatic carbocycles. The normalized spacial score (nSPS) is 11.4. The zero-order valence-corrected chi connectivity index (χ0v) is 8.39. The van der Waals surface area contributed by atoms with Gasteiger partial charge in [-0.2, -0.15) is 0 Å². The molecule has 1 aromatic rings. The number of para-hydroxylation sites is 1. The first-order valence-corrected chi connectivity index (χ1v) is 4.32. The molecule has 0 spiro atoms. The molecule has 0 fully saturated rings.